The Morgan fingerprint density at radius 1 is 0.938 bits per heavy atom. The normalized spacial score (nSPS) is 25.7. The molecule has 32 heavy (non-hydrogen) atoms. The van der Waals surface area contributed by atoms with E-state index in [0.29, 0.717) is 28.8 Å². The molecule has 7 heteroatoms. The highest BCUT2D eigenvalue weighted by Gasteiger charge is 2.61. The van der Waals surface area contributed by atoms with Crippen LogP contribution in [0.1, 0.15) is 40.0 Å². The lowest BCUT2D eigenvalue weighted by Gasteiger charge is -2.19. The molecular formula is C25H23NO6. The minimum absolute atomic E-state index is 0.160. The zero-order valence-corrected chi connectivity index (χ0v) is 17.7. The van der Waals surface area contributed by atoms with Crippen molar-refractivity contribution in [3.63, 3.8) is 0 Å². The summed E-state index contributed by atoms with van der Waals surface area (Å²) in [7, 11) is 1.53. The minimum Gasteiger partial charge on any atom is -0.497 e. The molecule has 3 aliphatic rings. The third-order valence-corrected chi connectivity index (χ3v) is 7.01. The molecule has 0 N–H and O–H groups in total. The maximum absolute atomic E-state index is 13.0. The van der Waals surface area contributed by atoms with Crippen molar-refractivity contribution in [2.24, 2.45) is 23.7 Å². The van der Waals surface area contributed by atoms with Gasteiger partial charge in [0, 0.05) is 5.56 Å². The summed E-state index contributed by atoms with van der Waals surface area (Å²) in [6, 6.07) is 12.8. The van der Waals surface area contributed by atoms with E-state index in [1.54, 1.807) is 42.5 Å². The molecule has 1 heterocycles. The van der Waals surface area contributed by atoms with Crippen LogP contribution in [-0.2, 0) is 14.3 Å². The summed E-state index contributed by atoms with van der Waals surface area (Å²) >= 11 is 0. The number of esters is 1. The van der Waals surface area contributed by atoms with Crippen molar-refractivity contribution >= 4 is 29.3 Å². The number of benzene rings is 2. The van der Waals surface area contributed by atoms with Crippen molar-refractivity contribution in [2.45, 2.75) is 19.3 Å². The Kier molecular flexibility index (Phi) is 5.04. The molecule has 0 radical (unpaired) electrons. The summed E-state index contributed by atoms with van der Waals surface area (Å²) in [5, 5.41) is 0. The number of hydrogen-bond donors (Lipinski definition) is 0. The quantitative estimate of drug-likeness (QED) is 0.395. The van der Waals surface area contributed by atoms with Crippen LogP contribution in [-0.4, -0.2) is 37.3 Å². The van der Waals surface area contributed by atoms with Crippen LogP contribution < -0.4 is 9.64 Å². The van der Waals surface area contributed by atoms with E-state index in [0.717, 1.165) is 19.3 Å². The Morgan fingerprint density at radius 3 is 2.22 bits per heavy atom. The first-order valence-electron chi connectivity index (χ1n) is 10.8. The number of ketones is 1. The van der Waals surface area contributed by atoms with Crippen LogP contribution in [0, 0.1) is 23.7 Å². The number of fused-ring (bicyclic) bond motifs is 5. The second-order valence-electron chi connectivity index (χ2n) is 8.67. The van der Waals surface area contributed by atoms with Crippen LogP contribution >= 0.6 is 0 Å². The molecule has 7 nitrogen and oxygen atoms in total. The van der Waals surface area contributed by atoms with Gasteiger partial charge in [0.1, 0.15) is 5.75 Å². The summed E-state index contributed by atoms with van der Waals surface area (Å²) in [5.74, 6) is -0.582. The first-order chi connectivity index (χ1) is 15.5. The fourth-order valence-corrected chi connectivity index (χ4v) is 5.51. The van der Waals surface area contributed by atoms with E-state index in [9.17, 15) is 19.2 Å². The van der Waals surface area contributed by atoms with Crippen molar-refractivity contribution in [1.29, 1.82) is 0 Å². The zero-order valence-electron chi connectivity index (χ0n) is 17.7. The number of hydrogen-bond acceptors (Lipinski definition) is 6. The van der Waals surface area contributed by atoms with E-state index in [-0.39, 0.29) is 35.0 Å². The number of anilines is 1. The van der Waals surface area contributed by atoms with Gasteiger partial charge in [-0.1, -0.05) is 6.07 Å². The molecule has 164 valence electrons. The molecule has 2 aliphatic carbocycles. The van der Waals surface area contributed by atoms with Gasteiger partial charge in [0.25, 0.3) is 0 Å². The van der Waals surface area contributed by atoms with Gasteiger partial charge in [-0.25, -0.2) is 4.79 Å². The van der Waals surface area contributed by atoms with Gasteiger partial charge in [0.2, 0.25) is 11.8 Å². The summed E-state index contributed by atoms with van der Waals surface area (Å²) in [4.78, 5) is 52.1. The molecule has 2 bridgehead atoms. The minimum atomic E-state index is -0.687. The van der Waals surface area contributed by atoms with Crippen molar-refractivity contribution in [3.8, 4) is 5.75 Å². The number of rotatable bonds is 6. The van der Waals surface area contributed by atoms with Gasteiger partial charge in [0.05, 0.1) is 30.2 Å². The molecule has 3 fully saturated rings. The van der Waals surface area contributed by atoms with Gasteiger partial charge in [-0.15, -0.1) is 0 Å². The summed E-state index contributed by atoms with van der Waals surface area (Å²) in [5.41, 5.74) is 0.970. The van der Waals surface area contributed by atoms with Crippen molar-refractivity contribution in [2.75, 3.05) is 18.6 Å². The average Bonchev–Trinajstić information content (AvgIpc) is 3.51. The Balaban J connectivity index is 1.28. The molecule has 5 rings (SSSR count). The highest BCUT2D eigenvalue weighted by molar-refractivity contribution is 6.22. The van der Waals surface area contributed by atoms with Crippen LogP contribution in [0.15, 0.2) is 48.5 Å². The van der Waals surface area contributed by atoms with E-state index in [2.05, 4.69) is 0 Å². The Morgan fingerprint density at radius 2 is 1.59 bits per heavy atom. The second kappa shape index (κ2) is 7.89. The predicted molar refractivity (Wildman–Crippen MR) is 114 cm³/mol. The molecule has 2 amide bonds. The summed E-state index contributed by atoms with van der Waals surface area (Å²) in [6.07, 6.45) is 2.98. The molecular weight excluding hydrogens is 410 g/mol. The standard InChI is InChI=1S/C25H23NO6/c1-31-19-9-7-14(8-10-19)20(27)13-32-25(30)17-3-2-4-18(12-17)26-23(28)21-15-5-6-16(11-15)22(21)24(26)29/h2-4,7-10,12,15-16,21-22H,5-6,11,13H2,1H3. The number of carbonyl (C=O) groups is 4. The van der Waals surface area contributed by atoms with Gasteiger partial charge in [-0.3, -0.25) is 19.3 Å². The number of nitrogens with zero attached hydrogens (tertiary/aromatic N) is 1. The molecule has 2 saturated carbocycles. The number of imide groups is 1. The van der Waals surface area contributed by atoms with Gasteiger partial charge < -0.3 is 9.47 Å². The number of carbonyl (C=O) groups excluding carboxylic acids is 4. The fraction of sp³-hybridized carbons (Fsp3) is 0.360. The van der Waals surface area contributed by atoms with Crippen LogP contribution in [0.4, 0.5) is 5.69 Å². The maximum Gasteiger partial charge on any atom is 0.338 e. The highest BCUT2D eigenvalue weighted by atomic mass is 16.5. The predicted octanol–water partition coefficient (Wildman–Crippen LogP) is 3.27. The first-order valence-corrected chi connectivity index (χ1v) is 10.8. The van der Waals surface area contributed by atoms with Crippen molar-refractivity contribution in [1.82, 2.24) is 0 Å². The molecule has 1 aliphatic heterocycles. The lowest BCUT2D eigenvalue weighted by molar-refractivity contribution is -0.123. The summed E-state index contributed by atoms with van der Waals surface area (Å²) < 4.78 is 10.2. The van der Waals surface area contributed by atoms with Gasteiger partial charge >= 0.3 is 5.97 Å². The van der Waals surface area contributed by atoms with Crippen LogP contribution in [0.5, 0.6) is 5.75 Å². The molecule has 4 unspecified atom stereocenters. The van der Waals surface area contributed by atoms with E-state index in [1.165, 1.54) is 18.1 Å². The summed E-state index contributed by atoms with van der Waals surface area (Å²) in [6.45, 7) is -0.412. The van der Waals surface area contributed by atoms with Gasteiger partial charge in [-0.2, -0.15) is 0 Å². The SMILES string of the molecule is COc1ccc(C(=O)COC(=O)c2cccc(N3C(=O)C4C5CCC(C5)C4C3=O)c2)cc1. The molecule has 4 atom stereocenters. The van der Waals surface area contributed by atoms with Crippen LogP contribution in [0.3, 0.4) is 0 Å². The third kappa shape index (κ3) is 3.28. The molecule has 2 aromatic carbocycles. The second-order valence-corrected chi connectivity index (χ2v) is 8.67. The van der Waals surface area contributed by atoms with E-state index in [4.69, 9.17) is 9.47 Å². The third-order valence-electron chi connectivity index (χ3n) is 7.01. The van der Waals surface area contributed by atoms with E-state index in [1.807, 2.05) is 0 Å². The maximum atomic E-state index is 13.0. The van der Waals surface area contributed by atoms with Crippen LogP contribution in [0.25, 0.3) is 0 Å². The zero-order chi connectivity index (χ0) is 22.4. The molecule has 0 aromatic heterocycles. The number of Topliss-reactive ketones (excluding diaryl/α,β-unsaturated/α-hetero) is 1. The molecule has 2 aromatic rings. The monoisotopic (exact) mass is 433 g/mol. The van der Waals surface area contributed by atoms with Crippen LogP contribution in [0.2, 0.25) is 0 Å². The Hall–Kier alpha value is -3.48. The molecule has 1 saturated heterocycles. The Labute approximate surface area is 185 Å². The lowest BCUT2D eigenvalue weighted by atomic mass is 9.81. The van der Waals surface area contributed by atoms with E-state index >= 15 is 0 Å². The van der Waals surface area contributed by atoms with Gasteiger partial charge in [0.15, 0.2) is 12.4 Å². The lowest BCUT2D eigenvalue weighted by Crippen LogP contribution is -2.32. The number of ether oxygens (including phenoxy) is 2. The van der Waals surface area contributed by atoms with E-state index < -0.39 is 12.6 Å². The molecule has 0 spiro atoms. The first kappa shape index (κ1) is 20.4. The smallest absolute Gasteiger partial charge is 0.338 e. The van der Waals surface area contributed by atoms with Crippen molar-refractivity contribution < 1.29 is 28.7 Å². The Bertz CT molecular complexity index is 1080. The number of amides is 2. The highest BCUT2D eigenvalue weighted by Crippen LogP contribution is 2.56. The fourth-order valence-electron chi connectivity index (χ4n) is 5.51. The van der Waals surface area contributed by atoms with Crippen molar-refractivity contribution in [3.05, 3.63) is 59.7 Å². The topological polar surface area (TPSA) is 90.0 Å². The number of methoxy groups -OCH3 is 1. The average molecular weight is 433 g/mol. The van der Waals surface area contributed by atoms with Gasteiger partial charge in [-0.05, 0) is 73.6 Å². The largest absolute Gasteiger partial charge is 0.497 e.